The van der Waals surface area contributed by atoms with Gasteiger partial charge in [0.1, 0.15) is 6.54 Å². The van der Waals surface area contributed by atoms with Crippen molar-refractivity contribution in [2.45, 2.75) is 20.8 Å². The fraction of sp³-hybridized carbons (Fsp3) is 0.273. The number of aromatic nitrogens is 1. The molecule has 0 fully saturated rings. The first-order valence-electron chi connectivity index (χ1n) is 9.41. The lowest BCUT2D eigenvalue weighted by molar-refractivity contribution is -0.142. The van der Waals surface area contributed by atoms with Gasteiger partial charge < -0.3 is 14.5 Å². The molecule has 30 heavy (non-hydrogen) atoms. The molecule has 0 unspecified atom stereocenters. The summed E-state index contributed by atoms with van der Waals surface area (Å²) >= 11 is 0. The minimum atomic E-state index is -0.739. The molecule has 2 aromatic rings. The Bertz CT molecular complexity index is 1030. The predicted octanol–water partition coefficient (Wildman–Crippen LogP) is 2.66. The van der Waals surface area contributed by atoms with Crippen molar-refractivity contribution < 1.29 is 28.7 Å². The minimum absolute atomic E-state index is 0.178. The molecule has 0 saturated carbocycles. The maximum atomic E-state index is 12.5. The van der Waals surface area contributed by atoms with Crippen LogP contribution in [-0.4, -0.2) is 53.3 Å². The molecule has 1 amide bonds. The van der Waals surface area contributed by atoms with Crippen LogP contribution in [0.4, 0.5) is 0 Å². The smallest absolute Gasteiger partial charge is 0.340 e. The van der Waals surface area contributed by atoms with E-state index in [0.29, 0.717) is 33.6 Å². The standard InChI is InChI=1S/C22H22N2O6/c1-5-29-22(28)19-12(2)20(23-13(19)3)17(25)11-30-18(26)10-24-14(4)15-8-6-7-9-16(15)21(24)27/h6-9,23H,4-5,10-11H2,1-3H3. The Balaban J connectivity index is 1.63. The van der Waals surface area contributed by atoms with Crippen LogP contribution < -0.4 is 0 Å². The average Bonchev–Trinajstić information content (AvgIpc) is 3.15. The van der Waals surface area contributed by atoms with Crippen LogP contribution in [-0.2, 0) is 14.3 Å². The Kier molecular flexibility index (Phi) is 5.86. The van der Waals surface area contributed by atoms with Crippen molar-refractivity contribution in [2.24, 2.45) is 0 Å². The summed E-state index contributed by atoms with van der Waals surface area (Å²) in [6.45, 7) is 8.17. The van der Waals surface area contributed by atoms with Gasteiger partial charge in [0.25, 0.3) is 5.91 Å². The number of ether oxygens (including phenoxy) is 2. The maximum absolute atomic E-state index is 12.5. The Morgan fingerprint density at radius 1 is 1.10 bits per heavy atom. The summed E-state index contributed by atoms with van der Waals surface area (Å²) in [6, 6.07) is 6.93. The first kappa shape index (κ1) is 21.0. The second-order valence-electron chi connectivity index (χ2n) is 6.81. The number of rotatable bonds is 7. The van der Waals surface area contributed by atoms with Gasteiger partial charge in [-0.05, 0) is 32.4 Å². The summed E-state index contributed by atoms with van der Waals surface area (Å²) in [5, 5.41) is 0. The van der Waals surface area contributed by atoms with Gasteiger partial charge in [-0.1, -0.05) is 24.8 Å². The highest BCUT2D eigenvalue weighted by Crippen LogP contribution is 2.30. The predicted molar refractivity (Wildman–Crippen MR) is 108 cm³/mol. The highest BCUT2D eigenvalue weighted by atomic mass is 16.5. The van der Waals surface area contributed by atoms with Gasteiger partial charge in [-0.25, -0.2) is 4.79 Å². The summed E-state index contributed by atoms with van der Waals surface area (Å²) in [6.07, 6.45) is 0. The molecule has 8 nitrogen and oxygen atoms in total. The maximum Gasteiger partial charge on any atom is 0.340 e. The summed E-state index contributed by atoms with van der Waals surface area (Å²) in [5.74, 6) is -2.09. The normalized spacial score (nSPS) is 12.7. The van der Waals surface area contributed by atoms with E-state index in [1.165, 1.54) is 4.90 Å². The van der Waals surface area contributed by atoms with Gasteiger partial charge in [0.15, 0.2) is 6.61 Å². The fourth-order valence-corrected chi connectivity index (χ4v) is 3.43. The Morgan fingerprint density at radius 3 is 2.40 bits per heavy atom. The zero-order chi connectivity index (χ0) is 22.0. The number of carbonyl (C=O) groups excluding carboxylic acids is 4. The molecule has 1 aromatic carbocycles. The Morgan fingerprint density at radius 2 is 1.77 bits per heavy atom. The number of hydrogen-bond acceptors (Lipinski definition) is 6. The number of fused-ring (bicyclic) bond motifs is 1. The molecule has 1 aliphatic rings. The number of H-pyrrole nitrogens is 1. The van der Waals surface area contributed by atoms with E-state index in [1.54, 1.807) is 45.0 Å². The van der Waals surface area contributed by atoms with E-state index in [1.807, 2.05) is 0 Å². The quantitative estimate of drug-likeness (QED) is 0.556. The molecule has 0 aliphatic carbocycles. The van der Waals surface area contributed by atoms with E-state index in [0.717, 1.165) is 0 Å². The lowest BCUT2D eigenvalue weighted by Gasteiger charge is -2.16. The van der Waals surface area contributed by atoms with Crippen LogP contribution in [0.1, 0.15) is 54.9 Å². The van der Waals surface area contributed by atoms with E-state index >= 15 is 0 Å². The van der Waals surface area contributed by atoms with Crippen molar-refractivity contribution in [2.75, 3.05) is 19.8 Å². The van der Waals surface area contributed by atoms with Crippen molar-refractivity contribution in [1.29, 1.82) is 0 Å². The van der Waals surface area contributed by atoms with E-state index < -0.39 is 24.3 Å². The van der Waals surface area contributed by atoms with Crippen LogP contribution in [0.5, 0.6) is 0 Å². The number of nitrogens with zero attached hydrogens (tertiary/aromatic N) is 1. The third kappa shape index (κ3) is 3.76. The number of benzene rings is 1. The molecule has 1 aromatic heterocycles. The molecule has 3 rings (SSSR count). The number of amides is 1. The molecular formula is C22H22N2O6. The minimum Gasteiger partial charge on any atom is -0.462 e. The number of aromatic amines is 1. The Labute approximate surface area is 173 Å². The third-order valence-electron chi connectivity index (χ3n) is 4.89. The number of Topliss-reactive ketones (excluding diaryl/α,β-unsaturated/α-hetero) is 1. The third-order valence-corrected chi connectivity index (χ3v) is 4.89. The zero-order valence-corrected chi connectivity index (χ0v) is 17.0. The van der Waals surface area contributed by atoms with E-state index in [9.17, 15) is 19.2 Å². The van der Waals surface area contributed by atoms with Gasteiger partial charge in [-0.2, -0.15) is 0 Å². The van der Waals surface area contributed by atoms with E-state index in [4.69, 9.17) is 9.47 Å². The van der Waals surface area contributed by atoms with E-state index in [-0.39, 0.29) is 24.8 Å². The first-order valence-corrected chi connectivity index (χ1v) is 9.41. The number of esters is 2. The summed E-state index contributed by atoms with van der Waals surface area (Å²) < 4.78 is 10.1. The number of carbonyl (C=O) groups is 4. The summed E-state index contributed by atoms with van der Waals surface area (Å²) in [7, 11) is 0. The highest BCUT2D eigenvalue weighted by Gasteiger charge is 2.32. The molecular weight excluding hydrogens is 388 g/mol. The molecule has 0 spiro atoms. The van der Waals surface area contributed by atoms with Gasteiger partial charge in [0, 0.05) is 22.5 Å². The SMILES string of the molecule is C=C1c2ccccc2C(=O)N1CC(=O)OCC(=O)c1[nH]c(C)c(C(=O)OCC)c1C. The van der Waals surface area contributed by atoms with Gasteiger partial charge in [-0.3, -0.25) is 19.3 Å². The molecule has 0 saturated heterocycles. The molecule has 2 heterocycles. The number of nitrogens with one attached hydrogen (secondary N) is 1. The van der Waals surface area contributed by atoms with Gasteiger partial charge >= 0.3 is 11.9 Å². The van der Waals surface area contributed by atoms with Crippen LogP contribution in [0.15, 0.2) is 30.8 Å². The fourth-order valence-electron chi connectivity index (χ4n) is 3.43. The molecule has 0 bridgehead atoms. The van der Waals surface area contributed by atoms with Crippen molar-refractivity contribution in [3.05, 3.63) is 64.5 Å². The van der Waals surface area contributed by atoms with Crippen molar-refractivity contribution >= 4 is 29.3 Å². The van der Waals surface area contributed by atoms with Crippen LogP contribution in [0.25, 0.3) is 5.70 Å². The van der Waals surface area contributed by atoms with Gasteiger partial charge in [0.05, 0.1) is 17.9 Å². The van der Waals surface area contributed by atoms with E-state index in [2.05, 4.69) is 11.6 Å². The zero-order valence-electron chi connectivity index (χ0n) is 17.0. The average molecular weight is 410 g/mol. The lowest BCUT2D eigenvalue weighted by atomic mass is 10.1. The van der Waals surface area contributed by atoms with Gasteiger partial charge in [0.2, 0.25) is 5.78 Å². The van der Waals surface area contributed by atoms with Crippen molar-refractivity contribution in [1.82, 2.24) is 9.88 Å². The van der Waals surface area contributed by atoms with Crippen LogP contribution in [0.2, 0.25) is 0 Å². The summed E-state index contributed by atoms with van der Waals surface area (Å²) in [5.41, 5.74) is 2.95. The second-order valence-corrected chi connectivity index (χ2v) is 6.81. The highest BCUT2D eigenvalue weighted by molar-refractivity contribution is 6.10. The number of hydrogen-bond donors (Lipinski definition) is 1. The Hall–Kier alpha value is -3.68. The lowest BCUT2D eigenvalue weighted by Crippen LogP contribution is -2.31. The van der Waals surface area contributed by atoms with Crippen LogP contribution in [0.3, 0.4) is 0 Å². The van der Waals surface area contributed by atoms with Crippen molar-refractivity contribution in [3.8, 4) is 0 Å². The number of aryl methyl sites for hydroxylation is 1. The largest absolute Gasteiger partial charge is 0.462 e. The molecule has 1 aliphatic heterocycles. The topological polar surface area (TPSA) is 106 Å². The molecule has 8 heteroatoms. The second kappa shape index (κ2) is 8.36. The van der Waals surface area contributed by atoms with Crippen LogP contribution >= 0.6 is 0 Å². The number of ketones is 1. The molecule has 1 N–H and O–H groups in total. The van der Waals surface area contributed by atoms with Crippen LogP contribution in [0, 0.1) is 13.8 Å². The molecule has 0 atom stereocenters. The first-order chi connectivity index (χ1) is 14.3. The molecule has 0 radical (unpaired) electrons. The molecule has 156 valence electrons. The summed E-state index contributed by atoms with van der Waals surface area (Å²) in [4.78, 5) is 53.3. The monoisotopic (exact) mass is 410 g/mol. The van der Waals surface area contributed by atoms with Gasteiger partial charge in [-0.15, -0.1) is 0 Å². The van der Waals surface area contributed by atoms with Crippen molar-refractivity contribution in [3.63, 3.8) is 0 Å².